The monoisotopic (exact) mass is 158 g/mol. The first-order valence-corrected chi connectivity index (χ1v) is 1.90. The SMILES string of the molecule is [Na+].[O-][Cl+]O.[O-][Cl+][O-]. The molecule has 0 fully saturated rings. The molecule has 0 saturated carbocycles. The Bertz CT molecular complexity index is 11.7. The van der Waals surface area contributed by atoms with Crippen molar-refractivity contribution in [1.82, 2.24) is 0 Å². The fourth-order valence-electron chi connectivity index (χ4n) is 0. The van der Waals surface area contributed by atoms with Gasteiger partial charge in [-0.2, -0.15) is 0 Å². The number of halogens is 2. The van der Waals surface area contributed by atoms with Crippen LogP contribution in [0, 0.1) is 22.7 Å². The second kappa shape index (κ2) is 26.1. The van der Waals surface area contributed by atoms with Crippen molar-refractivity contribution in [2.24, 2.45) is 0 Å². The first kappa shape index (κ1) is 15.8. The molecular formula is HCl2NaO4. The van der Waals surface area contributed by atoms with Crippen LogP contribution in [0.2, 0.25) is 0 Å². The fraction of sp³-hybridized carbons (Fsp3) is 0. The summed E-state index contributed by atoms with van der Waals surface area (Å²) in [6, 6.07) is 0. The van der Waals surface area contributed by atoms with Crippen LogP contribution in [0.15, 0.2) is 0 Å². The quantitative estimate of drug-likeness (QED) is 0.355. The second-order valence-corrected chi connectivity index (χ2v) is 0.396. The Hall–Kier alpha value is 1.42. The van der Waals surface area contributed by atoms with Gasteiger partial charge in [-0.1, -0.05) is 0 Å². The van der Waals surface area contributed by atoms with Crippen molar-refractivity contribution < 1.29 is 70.8 Å². The average Bonchev–Trinajstić information content (AvgIpc) is 1.39. The molecule has 0 aromatic heterocycles. The van der Waals surface area contributed by atoms with Gasteiger partial charge in [0.25, 0.3) is 0 Å². The third kappa shape index (κ3) is 108. The minimum atomic E-state index is -0.417. The van der Waals surface area contributed by atoms with Gasteiger partial charge in [-0.25, -0.2) is 0 Å². The summed E-state index contributed by atoms with van der Waals surface area (Å²) >= 11 is -0.583. The summed E-state index contributed by atoms with van der Waals surface area (Å²) in [6.07, 6.45) is 0. The number of hydrogen-bond acceptors (Lipinski definition) is 4. The zero-order chi connectivity index (χ0) is 5.41. The summed E-state index contributed by atoms with van der Waals surface area (Å²) in [7, 11) is 0. The molecule has 0 saturated heterocycles. The van der Waals surface area contributed by atoms with Crippen molar-refractivity contribution in [3.05, 3.63) is 0 Å². The van der Waals surface area contributed by atoms with Gasteiger partial charge in [-0.3, -0.25) is 0 Å². The Morgan fingerprint density at radius 2 is 1.14 bits per heavy atom. The van der Waals surface area contributed by atoms with Gasteiger partial charge in [-0.15, -0.1) is 4.66 Å². The molecule has 0 radical (unpaired) electrons. The van der Waals surface area contributed by atoms with Crippen molar-refractivity contribution in [3.63, 3.8) is 0 Å². The molecular weight excluding hydrogens is 158 g/mol. The third-order valence-corrected chi connectivity index (χ3v) is 0. The van der Waals surface area contributed by atoms with Gasteiger partial charge in [0, 0.05) is 0 Å². The maximum atomic E-state index is 8.35. The standard InChI is InChI=1S/ClHO2.ClO2.Na/c2*2-1-3;/h2H;;/q;-1;+1. The normalized spacial score (nSPS) is 5.14. The summed E-state index contributed by atoms with van der Waals surface area (Å²) < 4.78 is 31.7. The minimum absolute atomic E-state index is 0. The van der Waals surface area contributed by atoms with Crippen molar-refractivity contribution in [2.75, 3.05) is 0 Å². The van der Waals surface area contributed by atoms with Crippen molar-refractivity contribution in [1.29, 1.82) is 0 Å². The van der Waals surface area contributed by atoms with Gasteiger partial charge in [0.15, 0.2) is 0 Å². The Morgan fingerprint density at radius 3 is 1.14 bits per heavy atom. The van der Waals surface area contributed by atoms with Crippen LogP contribution >= 0.6 is 0 Å². The van der Waals surface area contributed by atoms with E-state index >= 15 is 0 Å². The Balaban J connectivity index is -0.0000000400. The van der Waals surface area contributed by atoms with Crippen LogP contribution in [0.25, 0.3) is 0 Å². The molecule has 0 aliphatic carbocycles. The Labute approximate surface area is 70.6 Å². The van der Waals surface area contributed by atoms with Crippen LogP contribution in [0.3, 0.4) is 0 Å². The molecule has 0 unspecified atom stereocenters. The van der Waals surface area contributed by atoms with Crippen molar-refractivity contribution in [3.8, 4) is 0 Å². The van der Waals surface area contributed by atoms with Gasteiger partial charge in [0.1, 0.15) is 0 Å². The predicted octanol–water partition coefficient (Wildman–Crippen LogP) is -7.12. The Kier molecular flexibility index (Phi) is 58.9. The van der Waals surface area contributed by atoms with E-state index in [-0.39, 0.29) is 40.9 Å². The molecule has 0 aromatic rings. The smallest absolute Gasteiger partial charge is 0.544 e. The molecule has 0 heterocycles. The average molecular weight is 159 g/mol. The van der Waals surface area contributed by atoms with Gasteiger partial charge in [-0.05, 0) is 0 Å². The van der Waals surface area contributed by atoms with E-state index < -0.39 is 11.3 Å². The number of hydrogen-bond donors (Lipinski definition) is 1. The topological polar surface area (TPSA) is 89.4 Å². The molecule has 40 valence electrons. The zero-order valence-electron chi connectivity index (χ0n) is 3.43. The van der Waals surface area contributed by atoms with Crippen LogP contribution in [-0.4, -0.2) is 4.66 Å². The van der Waals surface area contributed by atoms with E-state index in [9.17, 15) is 0 Å². The van der Waals surface area contributed by atoms with E-state index in [2.05, 4.69) is 0 Å². The number of rotatable bonds is 0. The van der Waals surface area contributed by atoms with Gasteiger partial charge >= 0.3 is 40.9 Å². The van der Waals surface area contributed by atoms with Crippen LogP contribution in [0.1, 0.15) is 0 Å². The van der Waals surface area contributed by atoms with E-state index in [1.165, 1.54) is 0 Å². The maximum absolute atomic E-state index is 8.35. The van der Waals surface area contributed by atoms with E-state index in [0.29, 0.717) is 0 Å². The molecule has 0 rings (SSSR count). The van der Waals surface area contributed by atoms with Crippen molar-refractivity contribution >= 4 is 0 Å². The van der Waals surface area contributed by atoms with E-state index in [1.54, 1.807) is 0 Å². The third-order valence-electron chi connectivity index (χ3n) is 0. The molecule has 0 atom stereocenters. The molecule has 0 aliphatic heterocycles. The fourth-order valence-corrected chi connectivity index (χ4v) is 0. The summed E-state index contributed by atoms with van der Waals surface area (Å²) in [5.41, 5.74) is 0. The van der Waals surface area contributed by atoms with Gasteiger partial charge in [0.2, 0.25) is 0 Å². The first-order chi connectivity index (χ1) is 2.83. The van der Waals surface area contributed by atoms with Crippen LogP contribution in [-0.2, 0) is 0 Å². The zero-order valence-corrected chi connectivity index (χ0v) is 6.94. The first-order valence-electron chi connectivity index (χ1n) is 0.632. The molecule has 0 bridgehead atoms. The molecule has 0 amide bonds. The molecule has 1 N–H and O–H groups in total. The van der Waals surface area contributed by atoms with E-state index in [1.807, 2.05) is 0 Å². The van der Waals surface area contributed by atoms with Crippen LogP contribution in [0.5, 0.6) is 0 Å². The van der Waals surface area contributed by atoms with Gasteiger partial charge < -0.3 is 14.0 Å². The largest absolute Gasteiger partial charge is 1.00 e. The molecule has 0 aliphatic rings. The molecule has 7 heteroatoms. The summed E-state index contributed by atoms with van der Waals surface area (Å²) in [5.74, 6) is 0. The van der Waals surface area contributed by atoms with Crippen molar-refractivity contribution in [2.45, 2.75) is 0 Å². The summed E-state index contributed by atoms with van der Waals surface area (Å²) in [6.45, 7) is 0. The van der Waals surface area contributed by atoms with Crippen LogP contribution in [0.4, 0.5) is 0 Å². The van der Waals surface area contributed by atoms with Gasteiger partial charge in [0.05, 0.1) is 11.3 Å². The summed E-state index contributed by atoms with van der Waals surface area (Å²) in [5, 5.41) is 0. The second-order valence-electron chi connectivity index (χ2n) is 0.132. The van der Waals surface area contributed by atoms with E-state index in [4.69, 9.17) is 18.6 Å². The van der Waals surface area contributed by atoms with E-state index in [0.717, 1.165) is 0 Å². The summed E-state index contributed by atoms with van der Waals surface area (Å²) in [4.78, 5) is 0. The Morgan fingerprint density at radius 1 is 1.14 bits per heavy atom. The molecule has 0 spiro atoms. The maximum Gasteiger partial charge on any atom is 1.00 e. The molecule has 4 nitrogen and oxygen atoms in total. The minimum Gasteiger partial charge on any atom is -0.544 e. The predicted molar refractivity (Wildman–Crippen MR) is 2.22 cm³/mol. The van der Waals surface area contributed by atoms with Crippen LogP contribution < -0.4 is 43.5 Å². The molecule has 7 heavy (non-hydrogen) atoms. The molecule has 0 aromatic carbocycles.